The Balaban J connectivity index is 1.60. The highest BCUT2D eigenvalue weighted by atomic mass is 32.2. The van der Waals surface area contributed by atoms with Gasteiger partial charge >= 0.3 is 0 Å². The minimum absolute atomic E-state index is 0.105. The van der Waals surface area contributed by atoms with Crippen molar-refractivity contribution in [2.24, 2.45) is 0 Å². The molecule has 0 aliphatic heterocycles. The van der Waals surface area contributed by atoms with Crippen molar-refractivity contribution in [1.82, 2.24) is 15.1 Å². The molecule has 2 amide bonds. The third-order valence-electron chi connectivity index (χ3n) is 2.85. The number of nitrogens with one attached hydrogen (secondary N) is 1. The number of para-hydroxylation sites is 1. The van der Waals surface area contributed by atoms with Gasteiger partial charge in [0.1, 0.15) is 0 Å². The molecule has 3 rings (SSSR count). The first-order valence-corrected chi connectivity index (χ1v) is 9.88. The van der Waals surface area contributed by atoms with Crippen LogP contribution in [0.5, 0.6) is 0 Å². The molecule has 5 nitrogen and oxygen atoms in total. The number of imide groups is 1. The van der Waals surface area contributed by atoms with Gasteiger partial charge in [-0.2, -0.15) is 0 Å². The standard InChI is InChI=1S/C15H11N3O2S4/c19-12(16-13(20)11-7-4-8-22-11)9-23-14-17-18(15(21)24-14)10-5-2-1-3-6-10/h1-8H,9H2,(H,16,19,20). The van der Waals surface area contributed by atoms with Gasteiger partial charge in [0, 0.05) is 0 Å². The Morgan fingerprint density at radius 2 is 2.00 bits per heavy atom. The number of carbonyl (C=O) groups is 2. The lowest BCUT2D eigenvalue weighted by Crippen LogP contribution is -2.31. The fraction of sp³-hybridized carbons (Fsp3) is 0.0667. The van der Waals surface area contributed by atoms with E-state index in [-0.39, 0.29) is 17.6 Å². The molecule has 0 saturated carbocycles. The SMILES string of the molecule is O=C(CSc1nn(-c2ccccc2)c(=S)s1)NC(=O)c1cccs1. The molecule has 3 aromatic rings. The van der Waals surface area contributed by atoms with Crippen LogP contribution < -0.4 is 5.32 Å². The Labute approximate surface area is 155 Å². The van der Waals surface area contributed by atoms with Gasteiger partial charge in [0.15, 0.2) is 8.29 Å². The molecule has 1 aromatic carbocycles. The molecule has 0 radical (unpaired) electrons. The largest absolute Gasteiger partial charge is 0.291 e. The Morgan fingerprint density at radius 1 is 1.21 bits per heavy atom. The van der Waals surface area contributed by atoms with Crippen molar-refractivity contribution in [3.8, 4) is 5.69 Å². The van der Waals surface area contributed by atoms with Gasteiger partial charge in [0.2, 0.25) is 5.91 Å². The number of rotatable bonds is 5. The van der Waals surface area contributed by atoms with Crippen LogP contribution in [0.3, 0.4) is 0 Å². The summed E-state index contributed by atoms with van der Waals surface area (Å²) < 4.78 is 2.96. The Hall–Kier alpha value is -1.81. The van der Waals surface area contributed by atoms with E-state index in [1.54, 1.807) is 22.2 Å². The molecule has 2 heterocycles. The predicted octanol–water partition coefficient (Wildman–Crippen LogP) is 3.77. The van der Waals surface area contributed by atoms with Crippen LogP contribution in [0.2, 0.25) is 0 Å². The van der Waals surface area contributed by atoms with Crippen LogP contribution in [0.1, 0.15) is 9.67 Å². The number of thioether (sulfide) groups is 1. The molecule has 0 saturated heterocycles. The maximum Gasteiger partial charge on any atom is 0.267 e. The smallest absolute Gasteiger partial charge is 0.267 e. The van der Waals surface area contributed by atoms with Crippen LogP contribution in [0.25, 0.3) is 5.69 Å². The Kier molecular flexibility index (Phi) is 5.56. The second-order valence-electron chi connectivity index (χ2n) is 4.52. The molecule has 0 aliphatic carbocycles. The summed E-state index contributed by atoms with van der Waals surface area (Å²) in [6.45, 7) is 0. The lowest BCUT2D eigenvalue weighted by molar-refractivity contribution is -0.117. The number of thiophene rings is 1. The quantitative estimate of drug-likeness (QED) is 0.528. The van der Waals surface area contributed by atoms with Crippen LogP contribution in [0, 0.1) is 3.95 Å². The molecule has 9 heteroatoms. The highest BCUT2D eigenvalue weighted by Gasteiger charge is 2.13. The zero-order valence-electron chi connectivity index (χ0n) is 12.2. The molecule has 0 atom stereocenters. The Morgan fingerprint density at radius 3 is 2.71 bits per heavy atom. The summed E-state index contributed by atoms with van der Waals surface area (Å²) in [7, 11) is 0. The number of amides is 2. The van der Waals surface area contributed by atoms with Gasteiger partial charge < -0.3 is 0 Å². The van der Waals surface area contributed by atoms with Gasteiger partial charge in [0.05, 0.1) is 16.3 Å². The van der Waals surface area contributed by atoms with E-state index in [2.05, 4.69) is 10.4 Å². The van der Waals surface area contributed by atoms with Crippen LogP contribution in [0.15, 0.2) is 52.2 Å². The first-order chi connectivity index (χ1) is 11.6. The summed E-state index contributed by atoms with van der Waals surface area (Å²) in [5.41, 5.74) is 0.878. The number of hydrogen-bond acceptors (Lipinski definition) is 7. The van der Waals surface area contributed by atoms with E-state index in [0.717, 1.165) is 5.69 Å². The molecule has 0 fully saturated rings. The number of nitrogens with zero attached hydrogens (tertiary/aromatic N) is 2. The third-order valence-corrected chi connectivity index (χ3v) is 6.09. The topological polar surface area (TPSA) is 64.0 Å². The zero-order chi connectivity index (χ0) is 16.9. The van der Waals surface area contributed by atoms with Gasteiger partial charge in [-0.25, -0.2) is 4.68 Å². The highest BCUT2D eigenvalue weighted by molar-refractivity contribution is 8.01. The van der Waals surface area contributed by atoms with Gasteiger partial charge in [-0.05, 0) is 35.8 Å². The van der Waals surface area contributed by atoms with Crippen molar-refractivity contribution in [1.29, 1.82) is 0 Å². The van der Waals surface area contributed by atoms with Gasteiger partial charge in [0.25, 0.3) is 5.91 Å². The molecule has 2 aromatic heterocycles. The maximum atomic E-state index is 11.9. The lowest BCUT2D eigenvalue weighted by Gasteiger charge is -2.01. The predicted molar refractivity (Wildman–Crippen MR) is 99.8 cm³/mol. The first-order valence-electron chi connectivity index (χ1n) is 6.79. The normalized spacial score (nSPS) is 10.5. The fourth-order valence-electron chi connectivity index (χ4n) is 1.81. The van der Waals surface area contributed by atoms with Gasteiger partial charge in [-0.15, -0.1) is 16.4 Å². The van der Waals surface area contributed by atoms with Crippen molar-refractivity contribution in [3.63, 3.8) is 0 Å². The molecule has 0 aliphatic rings. The van der Waals surface area contributed by atoms with E-state index in [1.165, 1.54) is 34.4 Å². The highest BCUT2D eigenvalue weighted by Crippen LogP contribution is 2.23. The van der Waals surface area contributed by atoms with Gasteiger partial charge in [-0.3, -0.25) is 14.9 Å². The average Bonchev–Trinajstić information content (AvgIpc) is 3.23. The van der Waals surface area contributed by atoms with Crippen molar-refractivity contribution >= 4 is 58.5 Å². The lowest BCUT2D eigenvalue weighted by atomic mass is 10.3. The van der Waals surface area contributed by atoms with E-state index in [9.17, 15) is 9.59 Å². The first kappa shape index (κ1) is 17.0. The maximum absolute atomic E-state index is 11.9. The van der Waals surface area contributed by atoms with E-state index in [0.29, 0.717) is 13.2 Å². The average molecular weight is 394 g/mol. The van der Waals surface area contributed by atoms with Crippen LogP contribution in [-0.2, 0) is 4.79 Å². The summed E-state index contributed by atoms with van der Waals surface area (Å²) >= 11 is 9.19. The van der Waals surface area contributed by atoms with Crippen LogP contribution in [-0.4, -0.2) is 27.3 Å². The van der Waals surface area contributed by atoms with Crippen molar-refractivity contribution in [2.75, 3.05) is 5.75 Å². The third kappa shape index (κ3) is 4.18. The van der Waals surface area contributed by atoms with E-state index < -0.39 is 0 Å². The second-order valence-corrected chi connectivity index (χ2v) is 8.32. The summed E-state index contributed by atoms with van der Waals surface area (Å²) in [5.74, 6) is -0.627. The molecular weight excluding hydrogens is 382 g/mol. The van der Waals surface area contributed by atoms with Crippen molar-refractivity contribution < 1.29 is 9.59 Å². The van der Waals surface area contributed by atoms with E-state index >= 15 is 0 Å². The molecule has 24 heavy (non-hydrogen) atoms. The second kappa shape index (κ2) is 7.84. The number of carbonyl (C=O) groups excluding carboxylic acids is 2. The number of benzene rings is 1. The minimum atomic E-state index is -0.377. The molecule has 0 unspecified atom stereocenters. The number of aromatic nitrogens is 2. The van der Waals surface area contributed by atoms with Crippen molar-refractivity contribution in [2.45, 2.75) is 4.34 Å². The summed E-state index contributed by atoms with van der Waals surface area (Å²) in [6.07, 6.45) is 0. The fourth-order valence-corrected chi connectivity index (χ4v) is 4.59. The van der Waals surface area contributed by atoms with E-state index in [1.807, 2.05) is 30.3 Å². The van der Waals surface area contributed by atoms with E-state index in [4.69, 9.17) is 12.2 Å². The van der Waals surface area contributed by atoms with Gasteiger partial charge in [-0.1, -0.05) is 47.4 Å². The molecular formula is C15H11N3O2S4. The summed E-state index contributed by atoms with van der Waals surface area (Å²) in [4.78, 5) is 24.2. The minimum Gasteiger partial charge on any atom is -0.291 e. The number of hydrogen-bond donors (Lipinski definition) is 1. The molecule has 0 bridgehead atoms. The molecule has 1 N–H and O–H groups in total. The Bertz CT molecular complexity index is 900. The summed E-state index contributed by atoms with van der Waals surface area (Å²) in [5, 5.41) is 8.56. The monoisotopic (exact) mass is 393 g/mol. The van der Waals surface area contributed by atoms with Crippen molar-refractivity contribution in [3.05, 3.63) is 56.7 Å². The summed E-state index contributed by atoms with van der Waals surface area (Å²) in [6, 6.07) is 13.0. The van der Waals surface area contributed by atoms with Crippen LogP contribution in [0.4, 0.5) is 0 Å². The zero-order valence-corrected chi connectivity index (χ0v) is 15.4. The molecule has 0 spiro atoms. The van der Waals surface area contributed by atoms with Crippen LogP contribution >= 0.6 is 46.7 Å². The molecule has 122 valence electrons.